The van der Waals surface area contributed by atoms with Crippen molar-refractivity contribution in [2.45, 2.75) is 32.8 Å². The molecule has 0 radical (unpaired) electrons. The third-order valence-corrected chi connectivity index (χ3v) is 3.95. The van der Waals surface area contributed by atoms with Gasteiger partial charge in [-0.3, -0.25) is 0 Å². The molecule has 1 fully saturated rings. The first-order valence-electron chi connectivity index (χ1n) is 6.96. The second-order valence-electron chi connectivity index (χ2n) is 5.26. The van der Waals surface area contributed by atoms with Gasteiger partial charge in [-0.1, -0.05) is 17.3 Å². The number of hydrogen-bond donors (Lipinski definition) is 1. The maximum Gasteiger partial charge on any atom is 0.358 e. The van der Waals surface area contributed by atoms with E-state index in [0.717, 1.165) is 29.7 Å². The van der Waals surface area contributed by atoms with E-state index >= 15 is 0 Å². The smallest absolute Gasteiger partial charge is 0.358 e. The molecule has 21 heavy (non-hydrogen) atoms. The highest BCUT2D eigenvalue weighted by molar-refractivity contribution is 5.86. The zero-order chi connectivity index (χ0) is 15.0. The van der Waals surface area contributed by atoms with Gasteiger partial charge >= 0.3 is 5.97 Å². The van der Waals surface area contributed by atoms with Crippen molar-refractivity contribution in [3.63, 3.8) is 0 Å². The Balaban J connectivity index is 2.18. The Hall–Kier alpha value is -2.21. The monoisotopic (exact) mass is 287 g/mol. The molecule has 2 heterocycles. The maximum atomic E-state index is 11.4. The number of carboxylic acid groups (broad SMARTS) is 1. The lowest BCUT2D eigenvalue weighted by Gasteiger charge is -2.15. The van der Waals surface area contributed by atoms with E-state index in [9.17, 15) is 9.90 Å². The molecule has 1 saturated heterocycles. The zero-order valence-corrected chi connectivity index (χ0v) is 12.0. The fraction of sp³-hybridized carbons (Fsp3) is 0.400. The first kappa shape index (κ1) is 13.8. The summed E-state index contributed by atoms with van der Waals surface area (Å²) in [5.74, 6) is -1.07. The van der Waals surface area contributed by atoms with Crippen LogP contribution in [0.2, 0.25) is 0 Å². The fourth-order valence-corrected chi connectivity index (χ4v) is 2.67. The SMILES string of the molecule is Cc1cccc(-n2nnc(C(=O)O)c2C2CCCO2)c1C. The molecule has 0 saturated carbocycles. The molecule has 1 aromatic carbocycles. The molecule has 0 bridgehead atoms. The minimum Gasteiger partial charge on any atom is -0.476 e. The second-order valence-corrected chi connectivity index (χ2v) is 5.26. The molecule has 0 aliphatic carbocycles. The van der Waals surface area contributed by atoms with Gasteiger partial charge in [0, 0.05) is 6.61 Å². The summed E-state index contributed by atoms with van der Waals surface area (Å²) < 4.78 is 7.27. The first-order valence-corrected chi connectivity index (χ1v) is 6.96. The van der Waals surface area contributed by atoms with Crippen LogP contribution >= 0.6 is 0 Å². The average molecular weight is 287 g/mol. The van der Waals surface area contributed by atoms with E-state index in [1.54, 1.807) is 4.68 Å². The van der Waals surface area contributed by atoms with Gasteiger partial charge in [-0.05, 0) is 43.9 Å². The number of carbonyl (C=O) groups is 1. The van der Waals surface area contributed by atoms with E-state index < -0.39 is 5.97 Å². The van der Waals surface area contributed by atoms with Crippen LogP contribution in [0.4, 0.5) is 0 Å². The van der Waals surface area contributed by atoms with Gasteiger partial charge < -0.3 is 9.84 Å². The predicted octanol–water partition coefficient (Wildman–Crippen LogP) is 2.43. The molecule has 1 aliphatic heterocycles. The van der Waals surface area contributed by atoms with Gasteiger partial charge in [0.1, 0.15) is 11.8 Å². The van der Waals surface area contributed by atoms with Crippen molar-refractivity contribution >= 4 is 5.97 Å². The number of aromatic carboxylic acids is 1. The van der Waals surface area contributed by atoms with Gasteiger partial charge in [0.15, 0.2) is 5.69 Å². The van der Waals surface area contributed by atoms with Crippen molar-refractivity contribution in [3.8, 4) is 5.69 Å². The van der Waals surface area contributed by atoms with Gasteiger partial charge in [-0.2, -0.15) is 0 Å². The van der Waals surface area contributed by atoms with Crippen molar-refractivity contribution < 1.29 is 14.6 Å². The molecule has 6 heteroatoms. The third-order valence-electron chi connectivity index (χ3n) is 3.95. The van der Waals surface area contributed by atoms with Crippen molar-refractivity contribution in [3.05, 3.63) is 40.7 Å². The van der Waals surface area contributed by atoms with Crippen LogP contribution in [0.1, 0.15) is 46.3 Å². The molecule has 110 valence electrons. The van der Waals surface area contributed by atoms with Crippen molar-refractivity contribution in [1.82, 2.24) is 15.0 Å². The Morgan fingerprint density at radius 3 is 2.90 bits per heavy atom. The summed E-state index contributed by atoms with van der Waals surface area (Å²) in [6, 6.07) is 5.86. The highest BCUT2D eigenvalue weighted by Crippen LogP contribution is 2.32. The zero-order valence-electron chi connectivity index (χ0n) is 12.0. The molecule has 1 aromatic heterocycles. The largest absolute Gasteiger partial charge is 0.476 e. The topological polar surface area (TPSA) is 77.2 Å². The Kier molecular flexibility index (Phi) is 3.47. The van der Waals surface area contributed by atoms with Crippen molar-refractivity contribution in [2.75, 3.05) is 6.61 Å². The molecule has 1 atom stereocenters. The lowest BCUT2D eigenvalue weighted by molar-refractivity contribution is 0.0673. The molecule has 1 aliphatic rings. The molecular weight excluding hydrogens is 270 g/mol. The van der Waals surface area contributed by atoms with E-state index in [-0.39, 0.29) is 11.8 Å². The number of nitrogens with zero attached hydrogens (tertiary/aromatic N) is 3. The van der Waals surface area contributed by atoms with Gasteiger partial charge in [0.2, 0.25) is 0 Å². The van der Waals surface area contributed by atoms with E-state index in [4.69, 9.17) is 4.74 Å². The van der Waals surface area contributed by atoms with E-state index in [0.29, 0.717) is 12.3 Å². The average Bonchev–Trinajstić information content (AvgIpc) is 3.09. The van der Waals surface area contributed by atoms with Crippen LogP contribution < -0.4 is 0 Å². The Morgan fingerprint density at radius 2 is 2.24 bits per heavy atom. The summed E-state index contributed by atoms with van der Waals surface area (Å²) in [5.41, 5.74) is 3.54. The highest BCUT2D eigenvalue weighted by atomic mass is 16.5. The number of hydrogen-bond acceptors (Lipinski definition) is 4. The standard InChI is InChI=1S/C15H17N3O3/c1-9-5-3-6-11(10(9)2)18-14(12-7-4-8-21-12)13(15(19)20)16-17-18/h3,5-6,12H,4,7-8H2,1-2H3,(H,19,20). The van der Waals surface area contributed by atoms with Crippen molar-refractivity contribution in [1.29, 1.82) is 0 Å². The molecule has 1 unspecified atom stereocenters. The number of aromatic nitrogens is 3. The van der Waals surface area contributed by atoms with Crippen LogP contribution in [-0.4, -0.2) is 32.7 Å². The van der Waals surface area contributed by atoms with Gasteiger partial charge in [0.05, 0.1) is 5.69 Å². The summed E-state index contributed by atoms with van der Waals surface area (Å²) in [5, 5.41) is 17.2. The molecule has 2 aromatic rings. The Bertz CT molecular complexity index is 687. The van der Waals surface area contributed by atoms with E-state index in [1.165, 1.54) is 0 Å². The van der Waals surface area contributed by atoms with Crippen LogP contribution in [0.5, 0.6) is 0 Å². The minimum absolute atomic E-state index is 0.0252. The third kappa shape index (κ3) is 2.31. The quantitative estimate of drug-likeness (QED) is 0.938. The number of ether oxygens (including phenoxy) is 1. The van der Waals surface area contributed by atoms with Gasteiger partial charge in [-0.25, -0.2) is 9.48 Å². The van der Waals surface area contributed by atoms with Crippen LogP contribution in [0.15, 0.2) is 18.2 Å². The molecule has 0 amide bonds. The van der Waals surface area contributed by atoms with E-state index in [1.807, 2.05) is 32.0 Å². The molecular formula is C15H17N3O3. The van der Waals surface area contributed by atoms with Gasteiger partial charge in [-0.15, -0.1) is 5.10 Å². The number of benzene rings is 1. The molecule has 3 rings (SSSR count). The van der Waals surface area contributed by atoms with Crippen LogP contribution in [0.25, 0.3) is 5.69 Å². The minimum atomic E-state index is -1.07. The second kappa shape index (κ2) is 5.29. The summed E-state index contributed by atoms with van der Waals surface area (Å²) in [4.78, 5) is 11.4. The summed E-state index contributed by atoms with van der Waals surface area (Å²) in [7, 11) is 0. The Morgan fingerprint density at radius 1 is 1.43 bits per heavy atom. The van der Waals surface area contributed by atoms with Gasteiger partial charge in [0.25, 0.3) is 0 Å². The normalized spacial score (nSPS) is 18.1. The van der Waals surface area contributed by atoms with E-state index in [2.05, 4.69) is 10.3 Å². The van der Waals surface area contributed by atoms with Crippen LogP contribution in [0, 0.1) is 13.8 Å². The predicted molar refractivity (Wildman–Crippen MR) is 75.7 cm³/mol. The lowest BCUT2D eigenvalue weighted by atomic mass is 10.1. The van der Waals surface area contributed by atoms with Crippen LogP contribution in [0.3, 0.4) is 0 Å². The fourth-order valence-electron chi connectivity index (χ4n) is 2.67. The Labute approximate surface area is 122 Å². The number of rotatable bonds is 3. The van der Waals surface area contributed by atoms with Crippen LogP contribution in [-0.2, 0) is 4.74 Å². The first-order chi connectivity index (χ1) is 10.1. The summed E-state index contributed by atoms with van der Waals surface area (Å²) in [6.45, 7) is 4.65. The van der Waals surface area contributed by atoms with Crippen molar-refractivity contribution in [2.24, 2.45) is 0 Å². The molecule has 6 nitrogen and oxygen atoms in total. The lowest BCUT2D eigenvalue weighted by Crippen LogP contribution is -2.12. The summed E-state index contributed by atoms with van der Waals surface area (Å²) in [6.07, 6.45) is 1.45. The number of carboxylic acids is 1. The highest BCUT2D eigenvalue weighted by Gasteiger charge is 2.30. The number of aryl methyl sites for hydroxylation is 1. The summed E-state index contributed by atoms with van der Waals surface area (Å²) >= 11 is 0. The molecule has 1 N–H and O–H groups in total. The molecule has 0 spiro atoms. The maximum absolute atomic E-state index is 11.4.